The van der Waals surface area contributed by atoms with Crippen molar-refractivity contribution in [3.05, 3.63) is 125 Å². The molecular formula is C31H27N3O2. The average Bonchev–Trinajstić information content (AvgIpc) is 3.36. The number of fused-ring (bicyclic) bond motifs is 2. The molecule has 3 aromatic carbocycles. The fourth-order valence-corrected chi connectivity index (χ4v) is 5.63. The van der Waals surface area contributed by atoms with Crippen LogP contribution in [-0.4, -0.2) is 15.5 Å². The van der Waals surface area contributed by atoms with Crippen molar-refractivity contribution in [2.45, 2.75) is 33.0 Å². The topological polar surface area (TPSA) is 47.4 Å². The number of rotatable bonds is 5. The first-order valence-electron chi connectivity index (χ1n) is 12.3. The summed E-state index contributed by atoms with van der Waals surface area (Å²) in [5.74, 6) is -0.376. The highest BCUT2D eigenvalue weighted by Gasteiger charge is 2.56. The molecule has 1 aliphatic heterocycles. The highest BCUT2D eigenvalue weighted by Crippen LogP contribution is 2.52. The smallest absolute Gasteiger partial charge is 0.342 e. The zero-order valence-corrected chi connectivity index (χ0v) is 20.6. The number of hydrogen-bond donors (Lipinski definition) is 0. The Labute approximate surface area is 210 Å². The van der Waals surface area contributed by atoms with E-state index in [2.05, 4.69) is 60.6 Å². The molecule has 2 aromatic heterocycles. The maximum Gasteiger partial charge on any atom is 0.342 e. The maximum absolute atomic E-state index is 13.5. The van der Waals surface area contributed by atoms with E-state index >= 15 is 0 Å². The lowest BCUT2D eigenvalue weighted by molar-refractivity contribution is 0.0125. The molecule has 3 heterocycles. The van der Waals surface area contributed by atoms with Crippen molar-refractivity contribution in [2.24, 2.45) is 0 Å². The molecule has 178 valence electrons. The van der Waals surface area contributed by atoms with E-state index in [0.717, 1.165) is 45.6 Å². The van der Waals surface area contributed by atoms with Crippen molar-refractivity contribution >= 4 is 28.2 Å². The number of aromatic nitrogens is 2. The van der Waals surface area contributed by atoms with Crippen LogP contribution >= 0.6 is 0 Å². The number of carbonyl (C=O) groups excluding carboxylic acids is 1. The van der Waals surface area contributed by atoms with Crippen LogP contribution in [0.2, 0.25) is 0 Å². The fraction of sp³-hybridized carbons (Fsp3) is 0.161. The van der Waals surface area contributed by atoms with Gasteiger partial charge in [-0.15, -0.1) is 0 Å². The molecule has 5 nitrogen and oxygen atoms in total. The number of hydrogen-bond acceptors (Lipinski definition) is 4. The number of carbonyl (C=O) groups is 1. The van der Waals surface area contributed by atoms with Crippen LogP contribution in [0.25, 0.3) is 10.9 Å². The van der Waals surface area contributed by atoms with Gasteiger partial charge in [0.25, 0.3) is 5.72 Å². The molecule has 5 heteroatoms. The Balaban J connectivity index is 1.80. The Kier molecular flexibility index (Phi) is 5.15. The van der Waals surface area contributed by atoms with Crippen LogP contribution in [0.1, 0.15) is 39.8 Å². The van der Waals surface area contributed by atoms with E-state index in [1.54, 1.807) is 18.3 Å². The van der Waals surface area contributed by atoms with Gasteiger partial charge < -0.3 is 9.30 Å². The molecule has 0 saturated carbocycles. The number of pyridine rings is 1. The number of nitrogens with zero attached hydrogens (tertiary/aromatic N) is 3. The molecule has 1 aliphatic rings. The summed E-state index contributed by atoms with van der Waals surface area (Å²) in [5, 5.41) is 1.04. The first-order valence-corrected chi connectivity index (χ1v) is 12.3. The van der Waals surface area contributed by atoms with Gasteiger partial charge in [0.2, 0.25) is 0 Å². The van der Waals surface area contributed by atoms with Crippen LogP contribution < -0.4 is 4.90 Å². The number of anilines is 2. The quantitative estimate of drug-likeness (QED) is 0.261. The van der Waals surface area contributed by atoms with Gasteiger partial charge in [-0.25, -0.2) is 4.79 Å². The number of aryl methyl sites for hydroxylation is 2. The molecule has 0 fully saturated rings. The molecule has 0 spiro atoms. The monoisotopic (exact) mass is 473 g/mol. The minimum Gasteiger partial charge on any atom is -0.424 e. The first kappa shape index (κ1) is 22.1. The van der Waals surface area contributed by atoms with Crippen LogP contribution in [0.15, 0.2) is 97.2 Å². The molecule has 36 heavy (non-hydrogen) atoms. The van der Waals surface area contributed by atoms with Gasteiger partial charge in [0.05, 0.1) is 11.1 Å². The Morgan fingerprint density at radius 1 is 0.889 bits per heavy atom. The van der Waals surface area contributed by atoms with E-state index in [-0.39, 0.29) is 5.97 Å². The summed E-state index contributed by atoms with van der Waals surface area (Å²) in [5.41, 5.74) is 5.79. The molecule has 5 aromatic rings. The lowest BCUT2D eigenvalue weighted by atomic mass is 9.91. The summed E-state index contributed by atoms with van der Waals surface area (Å²) in [6.45, 7) is 7.11. The number of ether oxygens (including phenoxy) is 1. The van der Waals surface area contributed by atoms with Crippen molar-refractivity contribution in [1.82, 2.24) is 9.55 Å². The summed E-state index contributed by atoms with van der Waals surface area (Å²) in [7, 11) is 0. The SMILES string of the molecule is CCn1c(C)c(C2(N(c3ccccc3)c3cccc(C)c3)OC(=O)c3cccnc32)c2ccccc21. The predicted octanol–water partition coefficient (Wildman–Crippen LogP) is 6.88. The molecule has 0 radical (unpaired) electrons. The molecule has 0 amide bonds. The Morgan fingerprint density at radius 3 is 2.42 bits per heavy atom. The molecule has 1 atom stereocenters. The summed E-state index contributed by atoms with van der Waals surface area (Å²) in [4.78, 5) is 20.5. The van der Waals surface area contributed by atoms with Gasteiger partial charge in [0.1, 0.15) is 5.69 Å². The fourth-order valence-electron chi connectivity index (χ4n) is 5.63. The Hall–Kier alpha value is -4.38. The minimum atomic E-state index is -1.30. The predicted molar refractivity (Wildman–Crippen MR) is 143 cm³/mol. The number of para-hydroxylation sites is 2. The van der Waals surface area contributed by atoms with E-state index in [9.17, 15) is 4.79 Å². The summed E-state index contributed by atoms with van der Waals surface area (Å²) in [6.07, 6.45) is 1.74. The van der Waals surface area contributed by atoms with E-state index in [4.69, 9.17) is 9.72 Å². The van der Waals surface area contributed by atoms with Crippen molar-refractivity contribution < 1.29 is 9.53 Å². The standard InChI is InChI=1S/C31H27N3O2/c1-4-33-22(3)28(25-16-8-9-18-27(25)33)31(29-26(30(35)36-31)17-11-19-32-29)34(23-13-6-5-7-14-23)24-15-10-12-21(2)20-24/h5-20H,4H2,1-3H3. The minimum absolute atomic E-state index is 0.376. The maximum atomic E-state index is 13.5. The number of esters is 1. The van der Waals surface area contributed by atoms with Gasteiger partial charge in [-0.3, -0.25) is 9.88 Å². The molecule has 1 unspecified atom stereocenters. The molecule has 0 aliphatic carbocycles. The van der Waals surface area contributed by atoms with E-state index in [0.29, 0.717) is 11.3 Å². The number of cyclic esters (lactones) is 1. The van der Waals surface area contributed by atoms with Crippen molar-refractivity contribution in [2.75, 3.05) is 4.90 Å². The van der Waals surface area contributed by atoms with Crippen molar-refractivity contribution in [3.63, 3.8) is 0 Å². The van der Waals surface area contributed by atoms with Crippen molar-refractivity contribution in [1.29, 1.82) is 0 Å². The molecule has 0 bridgehead atoms. The Bertz CT molecular complexity index is 1610. The van der Waals surface area contributed by atoms with Crippen LogP contribution in [0, 0.1) is 13.8 Å². The third kappa shape index (κ3) is 3.09. The summed E-state index contributed by atoms with van der Waals surface area (Å²) >= 11 is 0. The lowest BCUT2D eigenvalue weighted by Crippen LogP contribution is -2.46. The highest BCUT2D eigenvalue weighted by molar-refractivity contribution is 5.98. The van der Waals surface area contributed by atoms with Crippen LogP contribution in [0.4, 0.5) is 11.4 Å². The molecule has 0 saturated heterocycles. The summed E-state index contributed by atoms with van der Waals surface area (Å²) in [6, 6.07) is 30.3. The van der Waals surface area contributed by atoms with Gasteiger partial charge in [-0.2, -0.15) is 0 Å². The zero-order chi connectivity index (χ0) is 24.9. The second-order valence-corrected chi connectivity index (χ2v) is 9.16. The van der Waals surface area contributed by atoms with E-state index in [1.807, 2.05) is 48.5 Å². The Morgan fingerprint density at radius 2 is 1.64 bits per heavy atom. The highest BCUT2D eigenvalue weighted by atomic mass is 16.6. The van der Waals surface area contributed by atoms with Crippen LogP contribution in [-0.2, 0) is 17.0 Å². The van der Waals surface area contributed by atoms with Gasteiger partial charge in [0.15, 0.2) is 0 Å². The normalized spacial score (nSPS) is 16.7. The number of benzene rings is 3. The van der Waals surface area contributed by atoms with Crippen LogP contribution in [0.3, 0.4) is 0 Å². The van der Waals surface area contributed by atoms with Gasteiger partial charge in [0, 0.05) is 40.7 Å². The average molecular weight is 474 g/mol. The molecular weight excluding hydrogens is 446 g/mol. The zero-order valence-electron chi connectivity index (χ0n) is 20.6. The third-order valence-electron chi connectivity index (χ3n) is 7.06. The molecule has 6 rings (SSSR count). The van der Waals surface area contributed by atoms with Gasteiger partial charge in [-0.05, 0) is 68.8 Å². The van der Waals surface area contributed by atoms with Crippen molar-refractivity contribution in [3.8, 4) is 0 Å². The van der Waals surface area contributed by atoms with Crippen LogP contribution in [0.5, 0.6) is 0 Å². The first-order chi connectivity index (χ1) is 17.6. The summed E-state index contributed by atoms with van der Waals surface area (Å²) < 4.78 is 8.85. The molecule has 0 N–H and O–H groups in total. The second kappa shape index (κ2) is 8.38. The van der Waals surface area contributed by atoms with Gasteiger partial charge in [-0.1, -0.05) is 48.5 Å². The third-order valence-corrected chi connectivity index (χ3v) is 7.06. The largest absolute Gasteiger partial charge is 0.424 e. The van der Waals surface area contributed by atoms with E-state index in [1.165, 1.54) is 0 Å². The van der Waals surface area contributed by atoms with E-state index < -0.39 is 5.72 Å². The van der Waals surface area contributed by atoms with Gasteiger partial charge >= 0.3 is 5.97 Å². The second-order valence-electron chi connectivity index (χ2n) is 9.16. The lowest BCUT2D eigenvalue weighted by Gasteiger charge is -2.41.